The molecule has 78 valence electrons. The molecule has 2 aromatic rings. The molecule has 0 aliphatic rings. The van der Waals surface area contributed by atoms with Crippen LogP contribution in [0.2, 0.25) is 0 Å². The Morgan fingerprint density at radius 2 is 2.33 bits per heavy atom. The number of aryl methyl sites for hydroxylation is 1. The molecule has 0 atom stereocenters. The number of hydrogen-bond donors (Lipinski definition) is 0. The van der Waals surface area contributed by atoms with E-state index in [1.165, 1.54) is 0 Å². The summed E-state index contributed by atoms with van der Waals surface area (Å²) in [4.78, 5) is 8.44. The molecule has 0 saturated heterocycles. The predicted molar refractivity (Wildman–Crippen MR) is 55.1 cm³/mol. The zero-order valence-electron chi connectivity index (χ0n) is 8.71. The summed E-state index contributed by atoms with van der Waals surface area (Å²) in [6.07, 6.45) is 5.21. The lowest BCUT2D eigenvalue weighted by atomic mass is 10.4. The van der Waals surface area contributed by atoms with Crippen LogP contribution in [0.4, 0.5) is 0 Å². The second-order valence-corrected chi connectivity index (χ2v) is 3.04. The van der Waals surface area contributed by atoms with Crippen molar-refractivity contribution in [1.82, 2.24) is 19.7 Å². The molecule has 0 aliphatic heterocycles. The Bertz CT molecular complexity index is 439. The second-order valence-electron chi connectivity index (χ2n) is 3.04. The van der Waals surface area contributed by atoms with Gasteiger partial charge in [0.15, 0.2) is 0 Å². The number of aromatic nitrogens is 4. The van der Waals surface area contributed by atoms with E-state index in [1.807, 2.05) is 19.9 Å². The number of ether oxygens (including phenoxy) is 1. The van der Waals surface area contributed by atoms with Gasteiger partial charge in [-0.3, -0.25) is 0 Å². The first-order chi connectivity index (χ1) is 7.31. The maximum atomic E-state index is 5.38. The van der Waals surface area contributed by atoms with Gasteiger partial charge in [0.05, 0.1) is 6.61 Å². The van der Waals surface area contributed by atoms with Gasteiger partial charge in [0, 0.05) is 24.2 Å². The van der Waals surface area contributed by atoms with Crippen molar-refractivity contribution in [2.24, 2.45) is 0 Å². The van der Waals surface area contributed by atoms with Crippen molar-refractivity contribution in [3.8, 4) is 11.8 Å². The Kier molecular flexibility index (Phi) is 2.62. The molecule has 0 amide bonds. The summed E-state index contributed by atoms with van der Waals surface area (Å²) < 4.78 is 6.98. The highest BCUT2D eigenvalue weighted by atomic mass is 16.5. The van der Waals surface area contributed by atoms with Crippen LogP contribution in [0, 0.1) is 6.92 Å². The average Bonchev–Trinajstić information content (AvgIpc) is 2.75. The standard InChI is InChI=1S/C10H12N4O/c1-3-15-9-8(2)7-11-10(13-9)14-6-4-5-12-14/h4-7H,3H2,1-2H3. The van der Waals surface area contributed by atoms with Crippen LogP contribution in [-0.4, -0.2) is 26.4 Å². The molecule has 0 aliphatic carbocycles. The van der Waals surface area contributed by atoms with E-state index in [-0.39, 0.29) is 0 Å². The third-order valence-electron chi connectivity index (χ3n) is 1.90. The Balaban J connectivity index is 2.38. The van der Waals surface area contributed by atoms with Crippen LogP contribution in [0.25, 0.3) is 5.95 Å². The lowest BCUT2D eigenvalue weighted by Gasteiger charge is -2.06. The largest absolute Gasteiger partial charge is 0.478 e. The Hall–Kier alpha value is -1.91. The van der Waals surface area contributed by atoms with Crippen LogP contribution in [0.15, 0.2) is 24.7 Å². The summed E-state index contributed by atoms with van der Waals surface area (Å²) in [7, 11) is 0. The van der Waals surface area contributed by atoms with Gasteiger partial charge < -0.3 is 4.74 Å². The summed E-state index contributed by atoms with van der Waals surface area (Å²) >= 11 is 0. The van der Waals surface area contributed by atoms with Crippen LogP contribution in [0.1, 0.15) is 12.5 Å². The molecule has 0 N–H and O–H groups in total. The monoisotopic (exact) mass is 204 g/mol. The van der Waals surface area contributed by atoms with Gasteiger partial charge in [0.1, 0.15) is 0 Å². The Morgan fingerprint density at radius 3 is 3.00 bits per heavy atom. The quantitative estimate of drug-likeness (QED) is 0.757. The highest BCUT2D eigenvalue weighted by molar-refractivity contribution is 5.26. The van der Waals surface area contributed by atoms with Crippen LogP contribution >= 0.6 is 0 Å². The van der Waals surface area contributed by atoms with Crippen molar-refractivity contribution in [3.05, 3.63) is 30.2 Å². The molecule has 2 aromatic heterocycles. The van der Waals surface area contributed by atoms with Gasteiger partial charge in [0.2, 0.25) is 5.88 Å². The van der Waals surface area contributed by atoms with Crippen LogP contribution in [0.5, 0.6) is 5.88 Å². The molecule has 5 heteroatoms. The second kappa shape index (κ2) is 4.08. The fraction of sp³-hybridized carbons (Fsp3) is 0.300. The summed E-state index contributed by atoms with van der Waals surface area (Å²) in [6.45, 7) is 4.43. The highest BCUT2D eigenvalue weighted by Crippen LogP contribution is 2.14. The smallest absolute Gasteiger partial charge is 0.253 e. The number of rotatable bonds is 3. The fourth-order valence-electron chi connectivity index (χ4n) is 1.20. The Morgan fingerprint density at radius 1 is 1.47 bits per heavy atom. The van der Waals surface area contributed by atoms with Gasteiger partial charge in [0.25, 0.3) is 5.95 Å². The normalized spacial score (nSPS) is 10.3. The summed E-state index contributed by atoms with van der Waals surface area (Å²) in [6, 6.07) is 1.82. The predicted octanol–water partition coefficient (Wildman–Crippen LogP) is 1.37. The van der Waals surface area contributed by atoms with Gasteiger partial charge in [-0.05, 0) is 19.9 Å². The molecule has 0 unspecified atom stereocenters. The van der Waals surface area contributed by atoms with E-state index in [2.05, 4.69) is 15.1 Å². The third-order valence-corrected chi connectivity index (χ3v) is 1.90. The van der Waals surface area contributed by atoms with E-state index in [1.54, 1.807) is 23.3 Å². The minimum atomic E-state index is 0.522. The summed E-state index contributed by atoms with van der Waals surface area (Å²) in [5.41, 5.74) is 0.924. The van der Waals surface area contributed by atoms with Crippen LogP contribution < -0.4 is 4.74 Å². The van der Waals surface area contributed by atoms with Gasteiger partial charge >= 0.3 is 0 Å². The van der Waals surface area contributed by atoms with Crippen molar-refractivity contribution in [2.45, 2.75) is 13.8 Å². The molecule has 0 spiro atoms. The van der Waals surface area contributed by atoms with Crippen LogP contribution in [0.3, 0.4) is 0 Å². The molecule has 15 heavy (non-hydrogen) atoms. The molecule has 0 fully saturated rings. The molecule has 0 aromatic carbocycles. The van der Waals surface area contributed by atoms with E-state index in [0.29, 0.717) is 18.4 Å². The van der Waals surface area contributed by atoms with Crippen LogP contribution in [-0.2, 0) is 0 Å². The molecule has 2 heterocycles. The molecule has 2 rings (SSSR count). The molecule has 0 bridgehead atoms. The lowest BCUT2D eigenvalue weighted by molar-refractivity contribution is 0.323. The molecule has 0 radical (unpaired) electrons. The average molecular weight is 204 g/mol. The first kappa shape index (κ1) is 9.64. The van der Waals surface area contributed by atoms with E-state index in [9.17, 15) is 0 Å². The number of nitrogens with zero attached hydrogens (tertiary/aromatic N) is 4. The number of hydrogen-bond acceptors (Lipinski definition) is 4. The first-order valence-corrected chi connectivity index (χ1v) is 4.77. The highest BCUT2D eigenvalue weighted by Gasteiger charge is 2.05. The fourth-order valence-corrected chi connectivity index (χ4v) is 1.20. The molecule has 0 saturated carbocycles. The van der Waals surface area contributed by atoms with Crippen molar-refractivity contribution in [1.29, 1.82) is 0 Å². The van der Waals surface area contributed by atoms with Gasteiger partial charge in [-0.2, -0.15) is 10.1 Å². The maximum absolute atomic E-state index is 5.38. The SMILES string of the molecule is CCOc1nc(-n2cccn2)ncc1C. The molecule has 5 nitrogen and oxygen atoms in total. The van der Waals surface area contributed by atoms with E-state index >= 15 is 0 Å². The van der Waals surface area contributed by atoms with E-state index in [4.69, 9.17) is 4.74 Å². The maximum Gasteiger partial charge on any atom is 0.253 e. The van der Waals surface area contributed by atoms with E-state index < -0.39 is 0 Å². The molecular formula is C10H12N4O. The third kappa shape index (κ3) is 1.96. The minimum Gasteiger partial charge on any atom is -0.478 e. The topological polar surface area (TPSA) is 52.8 Å². The minimum absolute atomic E-state index is 0.522. The zero-order chi connectivity index (χ0) is 10.7. The van der Waals surface area contributed by atoms with Gasteiger partial charge in [-0.1, -0.05) is 0 Å². The van der Waals surface area contributed by atoms with Gasteiger partial charge in [-0.15, -0.1) is 0 Å². The Labute approximate surface area is 87.7 Å². The molecular weight excluding hydrogens is 192 g/mol. The van der Waals surface area contributed by atoms with Crippen molar-refractivity contribution in [2.75, 3.05) is 6.61 Å². The van der Waals surface area contributed by atoms with Gasteiger partial charge in [-0.25, -0.2) is 9.67 Å². The van der Waals surface area contributed by atoms with Crippen molar-refractivity contribution in [3.63, 3.8) is 0 Å². The first-order valence-electron chi connectivity index (χ1n) is 4.77. The van der Waals surface area contributed by atoms with Crippen molar-refractivity contribution >= 4 is 0 Å². The van der Waals surface area contributed by atoms with E-state index in [0.717, 1.165) is 5.56 Å². The summed E-state index contributed by atoms with van der Waals surface area (Å²) in [5, 5.41) is 4.05. The lowest BCUT2D eigenvalue weighted by Crippen LogP contribution is -2.05. The summed E-state index contributed by atoms with van der Waals surface area (Å²) in [5.74, 6) is 1.13. The zero-order valence-corrected chi connectivity index (χ0v) is 8.71. The van der Waals surface area contributed by atoms with Crippen molar-refractivity contribution < 1.29 is 4.74 Å².